The van der Waals surface area contributed by atoms with Crippen LogP contribution in [-0.2, 0) is 20.0 Å². The van der Waals surface area contributed by atoms with Gasteiger partial charge in [-0.3, -0.25) is 4.79 Å². The van der Waals surface area contributed by atoms with Crippen molar-refractivity contribution >= 4 is 26.0 Å². The van der Waals surface area contributed by atoms with Crippen LogP contribution in [0.5, 0.6) is 0 Å². The van der Waals surface area contributed by atoms with Crippen molar-refractivity contribution in [3.8, 4) is 12.3 Å². The molecule has 0 radical (unpaired) electrons. The van der Waals surface area contributed by atoms with Gasteiger partial charge in [0.05, 0.1) is 17.7 Å². The van der Waals surface area contributed by atoms with Gasteiger partial charge in [0.15, 0.2) is 0 Å². The number of amides is 1. The van der Waals surface area contributed by atoms with E-state index in [1.54, 1.807) is 4.90 Å². The molecule has 1 aliphatic rings. The minimum absolute atomic E-state index is 0.0496. The highest BCUT2D eigenvalue weighted by Crippen LogP contribution is 2.21. The molecule has 2 N–H and O–H groups in total. The van der Waals surface area contributed by atoms with Gasteiger partial charge in [0, 0.05) is 24.7 Å². The van der Waals surface area contributed by atoms with E-state index in [4.69, 9.17) is 6.42 Å². The van der Waals surface area contributed by atoms with E-state index in [9.17, 15) is 21.6 Å². The van der Waals surface area contributed by atoms with Crippen LogP contribution in [0, 0.1) is 12.3 Å². The first-order chi connectivity index (χ1) is 12.6. The van der Waals surface area contributed by atoms with Crippen molar-refractivity contribution in [2.75, 3.05) is 25.9 Å². The Morgan fingerprint density at radius 1 is 1.26 bits per heavy atom. The number of benzene rings is 1. The molecule has 1 aliphatic heterocycles. The molecular formula is C17H23N3O5S2. The quantitative estimate of drug-likeness (QED) is 0.618. The Bertz CT molecular complexity index is 936. The number of rotatable bonds is 7. The van der Waals surface area contributed by atoms with Crippen LogP contribution in [0.15, 0.2) is 29.2 Å². The molecule has 1 atom stereocenters. The zero-order valence-corrected chi connectivity index (χ0v) is 16.6. The average molecular weight is 414 g/mol. The average Bonchev–Trinajstić information content (AvgIpc) is 2.64. The predicted molar refractivity (Wildman–Crippen MR) is 102 cm³/mol. The minimum atomic E-state index is -3.81. The highest BCUT2D eigenvalue weighted by molar-refractivity contribution is 7.89. The lowest BCUT2D eigenvalue weighted by molar-refractivity contribution is 0.0618. The molecule has 1 aromatic rings. The number of piperidine rings is 1. The summed E-state index contributed by atoms with van der Waals surface area (Å²) in [4.78, 5) is 14.5. The molecule has 1 unspecified atom stereocenters. The standard InChI is InChI=1S/C17H23N3O5S2/c1-3-10-18-27(24,25)16-9-6-7-14(12-16)17(21)20-11-5-4-8-15(20)13-19-26(2,22)23/h1,6-7,9,12,15,18-19H,4-5,8,10-11,13H2,2H3. The molecular weight excluding hydrogens is 390 g/mol. The van der Waals surface area contributed by atoms with E-state index in [2.05, 4.69) is 15.4 Å². The monoisotopic (exact) mass is 413 g/mol. The lowest BCUT2D eigenvalue weighted by Crippen LogP contribution is -2.49. The smallest absolute Gasteiger partial charge is 0.254 e. The number of carbonyl (C=O) groups excluding carboxylic acids is 1. The Morgan fingerprint density at radius 3 is 2.67 bits per heavy atom. The van der Waals surface area contributed by atoms with Crippen LogP contribution in [0.1, 0.15) is 29.6 Å². The van der Waals surface area contributed by atoms with Crippen LogP contribution < -0.4 is 9.44 Å². The zero-order valence-electron chi connectivity index (χ0n) is 15.0. The van der Waals surface area contributed by atoms with Crippen LogP contribution in [0.4, 0.5) is 0 Å². The lowest BCUT2D eigenvalue weighted by atomic mass is 10.0. The van der Waals surface area contributed by atoms with Gasteiger partial charge in [0.25, 0.3) is 5.91 Å². The summed E-state index contributed by atoms with van der Waals surface area (Å²) in [5, 5.41) is 0. The molecule has 27 heavy (non-hydrogen) atoms. The van der Waals surface area contributed by atoms with Crippen molar-refractivity contribution in [1.29, 1.82) is 0 Å². The van der Waals surface area contributed by atoms with Crippen LogP contribution in [-0.4, -0.2) is 59.6 Å². The first-order valence-electron chi connectivity index (χ1n) is 8.43. The van der Waals surface area contributed by atoms with Crippen LogP contribution in [0.25, 0.3) is 0 Å². The molecule has 0 saturated carbocycles. The van der Waals surface area contributed by atoms with Crippen LogP contribution >= 0.6 is 0 Å². The molecule has 0 bridgehead atoms. The van der Waals surface area contributed by atoms with Crippen molar-refractivity contribution in [2.45, 2.75) is 30.2 Å². The van der Waals surface area contributed by atoms with Crippen molar-refractivity contribution in [3.05, 3.63) is 29.8 Å². The third-order valence-corrected chi connectivity index (χ3v) is 6.31. The highest BCUT2D eigenvalue weighted by Gasteiger charge is 2.28. The van der Waals surface area contributed by atoms with Crippen molar-refractivity contribution in [3.63, 3.8) is 0 Å². The van der Waals surface area contributed by atoms with E-state index >= 15 is 0 Å². The second-order valence-corrected chi connectivity index (χ2v) is 9.93. The van der Waals surface area contributed by atoms with E-state index in [0.717, 1.165) is 19.1 Å². The molecule has 0 spiro atoms. The number of sulfonamides is 2. The molecule has 148 valence electrons. The molecule has 0 aromatic heterocycles. The second kappa shape index (κ2) is 8.84. The molecule has 1 aromatic carbocycles. The number of nitrogens with one attached hydrogen (secondary N) is 2. The molecule has 1 amide bonds. The maximum Gasteiger partial charge on any atom is 0.254 e. The van der Waals surface area contributed by atoms with Crippen molar-refractivity contribution in [1.82, 2.24) is 14.3 Å². The molecule has 10 heteroatoms. The third kappa shape index (κ3) is 6.04. The molecule has 8 nitrogen and oxygen atoms in total. The number of terminal acetylenes is 1. The summed E-state index contributed by atoms with van der Waals surface area (Å²) in [6.45, 7) is 0.472. The number of nitrogens with zero attached hydrogens (tertiary/aromatic N) is 1. The summed E-state index contributed by atoms with van der Waals surface area (Å²) >= 11 is 0. The Balaban J connectivity index is 2.22. The first-order valence-corrected chi connectivity index (χ1v) is 11.8. The van der Waals surface area contributed by atoms with Crippen molar-refractivity contribution in [2.24, 2.45) is 0 Å². The van der Waals surface area contributed by atoms with Gasteiger partial charge < -0.3 is 4.90 Å². The Morgan fingerprint density at radius 2 is 2.00 bits per heavy atom. The maximum atomic E-state index is 12.9. The fraction of sp³-hybridized carbons (Fsp3) is 0.471. The van der Waals surface area contributed by atoms with Gasteiger partial charge in [-0.2, -0.15) is 4.72 Å². The highest BCUT2D eigenvalue weighted by atomic mass is 32.2. The molecule has 2 rings (SSSR count). The summed E-state index contributed by atoms with van der Waals surface area (Å²) in [7, 11) is -7.17. The largest absolute Gasteiger partial charge is 0.334 e. The minimum Gasteiger partial charge on any atom is -0.334 e. The molecule has 1 heterocycles. The number of hydrogen-bond acceptors (Lipinski definition) is 5. The van der Waals surface area contributed by atoms with Crippen LogP contribution in [0.2, 0.25) is 0 Å². The maximum absolute atomic E-state index is 12.9. The Kier molecular flexibility index (Phi) is 7.00. The van der Waals surface area contributed by atoms with E-state index in [1.165, 1.54) is 24.3 Å². The number of carbonyl (C=O) groups is 1. The van der Waals surface area contributed by atoms with Gasteiger partial charge in [-0.15, -0.1) is 6.42 Å². The van der Waals surface area contributed by atoms with E-state index in [0.29, 0.717) is 13.0 Å². The molecule has 0 aliphatic carbocycles. The second-order valence-electron chi connectivity index (χ2n) is 6.33. The summed E-state index contributed by atoms with van der Waals surface area (Å²) in [6.07, 6.45) is 8.52. The molecule has 1 fully saturated rings. The lowest BCUT2D eigenvalue weighted by Gasteiger charge is -2.36. The predicted octanol–water partition coefficient (Wildman–Crippen LogP) is 0.142. The fourth-order valence-electron chi connectivity index (χ4n) is 2.91. The Hall–Kier alpha value is -1.93. The van der Waals surface area contributed by atoms with Gasteiger partial charge in [-0.05, 0) is 37.5 Å². The van der Waals surface area contributed by atoms with Gasteiger partial charge in [-0.1, -0.05) is 12.0 Å². The van der Waals surface area contributed by atoms with Gasteiger partial charge in [-0.25, -0.2) is 21.6 Å². The van der Waals surface area contributed by atoms with Gasteiger partial charge in [0.1, 0.15) is 0 Å². The van der Waals surface area contributed by atoms with Crippen molar-refractivity contribution < 1.29 is 21.6 Å². The first kappa shape index (κ1) is 21.4. The van der Waals surface area contributed by atoms with Gasteiger partial charge >= 0.3 is 0 Å². The topological polar surface area (TPSA) is 113 Å². The number of likely N-dealkylation sites (tertiary alicyclic amines) is 1. The summed E-state index contributed by atoms with van der Waals surface area (Å²) in [5.41, 5.74) is 0.227. The summed E-state index contributed by atoms with van der Waals surface area (Å²) in [5.74, 6) is 1.86. The summed E-state index contributed by atoms with van der Waals surface area (Å²) < 4.78 is 51.8. The van der Waals surface area contributed by atoms with E-state index < -0.39 is 20.0 Å². The molecule has 1 saturated heterocycles. The van der Waals surface area contributed by atoms with E-state index in [-0.39, 0.29) is 35.5 Å². The summed E-state index contributed by atoms with van der Waals surface area (Å²) in [6, 6.07) is 5.44. The SMILES string of the molecule is C#CCNS(=O)(=O)c1cccc(C(=O)N2CCCCC2CNS(C)(=O)=O)c1. The van der Waals surface area contributed by atoms with E-state index in [1.807, 2.05) is 0 Å². The van der Waals surface area contributed by atoms with Crippen LogP contribution in [0.3, 0.4) is 0 Å². The third-order valence-electron chi connectivity index (χ3n) is 4.22. The fourth-order valence-corrected chi connectivity index (χ4v) is 4.38. The normalized spacial score (nSPS) is 18.1. The number of hydrogen-bond donors (Lipinski definition) is 2. The zero-order chi connectivity index (χ0) is 20.1. The van der Waals surface area contributed by atoms with Gasteiger partial charge in [0.2, 0.25) is 20.0 Å². The Labute approximate surface area is 160 Å².